The van der Waals surface area contributed by atoms with Crippen LogP contribution in [0.1, 0.15) is 36.3 Å². The Hall–Kier alpha value is -3.35. The van der Waals surface area contributed by atoms with Crippen LogP contribution in [-0.4, -0.2) is 42.8 Å². The number of hydrogen-bond acceptors (Lipinski definition) is 4. The summed E-state index contributed by atoms with van der Waals surface area (Å²) in [6, 6.07) is 16.3. The third kappa shape index (κ3) is 3.83. The molecule has 0 radical (unpaired) electrons. The maximum absolute atomic E-state index is 12.5. The van der Waals surface area contributed by atoms with Crippen LogP contribution in [0.3, 0.4) is 0 Å². The van der Waals surface area contributed by atoms with Crippen molar-refractivity contribution >= 4 is 18.0 Å². The van der Waals surface area contributed by atoms with Crippen molar-refractivity contribution in [3.05, 3.63) is 59.7 Å². The second-order valence-corrected chi connectivity index (χ2v) is 9.11. The molecule has 2 saturated carbocycles. The molecule has 7 heteroatoms. The number of rotatable bonds is 8. The number of carboxylic acid groups (broad SMARTS) is 1. The maximum Gasteiger partial charge on any atom is 0.407 e. The Bertz CT molecular complexity index is 1030. The van der Waals surface area contributed by atoms with E-state index >= 15 is 0 Å². The molecule has 2 fully saturated rings. The molecule has 32 heavy (non-hydrogen) atoms. The fraction of sp³-hybridized carbons (Fsp3) is 0.400. The average Bonchev–Trinajstić information content (AvgIpc) is 3.72. The summed E-state index contributed by atoms with van der Waals surface area (Å²) in [4.78, 5) is 35.8. The van der Waals surface area contributed by atoms with Crippen LogP contribution in [0.5, 0.6) is 0 Å². The van der Waals surface area contributed by atoms with Gasteiger partial charge in [-0.05, 0) is 47.4 Å². The fourth-order valence-corrected chi connectivity index (χ4v) is 4.71. The number of amides is 2. The molecule has 0 saturated heterocycles. The van der Waals surface area contributed by atoms with E-state index in [1.54, 1.807) is 0 Å². The van der Waals surface area contributed by atoms with Gasteiger partial charge in [-0.3, -0.25) is 9.59 Å². The lowest BCUT2D eigenvalue weighted by atomic mass is 9.98. The normalized spacial score (nSPS) is 21.8. The molecule has 2 amide bonds. The van der Waals surface area contributed by atoms with Gasteiger partial charge < -0.3 is 20.5 Å². The molecule has 2 atom stereocenters. The number of fused-ring (bicyclic) bond motifs is 3. The van der Waals surface area contributed by atoms with Gasteiger partial charge in [0.25, 0.3) is 0 Å². The first kappa shape index (κ1) is 20.5. The van der Waals surface area contributed by atoms with E-state index in [4.69, 9.17) is 9.84 Å². The zero-order chi connectivity index (χ0) is 22.3. The van der Waals surface area contributed by atoms with Crippen LogP contribution >= 0.6 is 0 Å². The predicted molar refractivity (Wildman–Crippen MR) is 117 cm³/mol. The molecule has 0 spiro atoms. The molecule has 3 aliphatic carbocycles. The van der Waals surface area contributed by atoms with Crippen molar-refractivity contribution in [2.75, 3.05) is 19.7 Å². The summed E-state index contributed by atoms with van der Waals surface area (Å²) in [5.41, 5.74) is 4.05. The molecule has 0 heterocycles. The smallest absolute Gasteiger partial charge is 0.407 e. The number of alkyl carbamates (subject to hydrolysis) is 1. The van der Waals surface area contributed by atoms with Crippen LogP contribution in [-0.2, 0) is 14.3 Å². The van der Waals surface area contributed by atoms with E-state index < -0.39 is 17.5 Å². The van der Waals surface area contributed by atoms with Gasteiger partial charge in [0.15, 0.2) is 0 Å². The van der Waals surface area contributed by atoms with Crippen LogP contribution in [0.15, 0.2) is 48.5 Å². The SMILES string of the molecule is O=C(NCC1(C(=O)NC[C@@H]2C[C@@H]2C(=O)O)CC1)OCC1c2ccccc2-c2ccccc21. The van der Waals surface area contributed by atoms with Gasteiger partial charge in [-0.1, -0.05) is 48.5 Å². The van der Waals surface area contributed by atoms with E-state index in [1.165, 1.54) is 11.1 Å². The molecule has 0 unspecified atom stereocenters. The van der Waals surface area contributed by atoms with Crippen LogP contribution in [0.4, 0.5) is 4.79 Å². The lowest BCUT2D eigenvalue weighted by Crippen LogP contribution is -2.41. The zero-order valence-electron chi connectivity index (χ0n) is 17.7. The fourth-order valence-electron chi connectivity index (χ4n) is 4.71. The van der Waals surface area contributed by atoms with Gasteiger partial charge in [0.2, 0.25) is 5.91 Å². The monoisotopic (exact) mass is 434 g/mol. The highest BCUT2D eigenvalue weighted by Crippen LogP contribution is 2.46. The molecule has 2 aromatic rings. The first-order valence-electron chi connectivity index (χ1n) is 11.1. The minimum Gasteiger partial charge on any atom is -0.481 e. The van der Waals surface area contributed by atoms with Crippen molar-refractivity contribution in [1.82, 2.24) is 10.6 Å². The second kappa shape index (κ2) is 7.97. The van der Waals surface area contributed by atoms with Crippen molar-refractivity contribution in [1.29, 1.82) is 0 Å². The number of carbonyl (C=O) groups is 3. The van der Waals surface area contributed by atoms with E-state index in [2.05, 4.69) is 34.9 Å². The molecular weight excluding hydrogens is 408 g/mol. The van der Waals surface area contributed by atoms with Gasteiger partial charge in [-0.25, -0.2) is 4.79 Å². The van der Waals surface area contributed by atoms with Gasteiger partial charge in [-0.2, -0.15) is 0 Å². The van der Waals surface area contributed by atoms with Gasteiger partial charge >= 0.3 is 12.1 Å². The third-order valence-corrected chi connectivity index (χ3v) is 7.01. The molecule has 0 aliphatic heterocycles. The Balaban J connectivity index is 1.12. The second-order valence-electron chi connectivity index (χ2n) is 9.11. The number of carbonyl (C=O) groups excluding carboxylic acids is 2. The molecule has 2 aromatic carbocycles. The number of benzene rings is 2. The molecule has 0 aromatic heterocycles. The van der Waals surface area contributed by atoms with Crippen molar-refractivity contribution in [2.45, 2.75) is 25.2 Å². The standard InChI is InChI=1S/C25H26N2O5/c28-22(29)20-11-15(20)12-26-23(30)25(9-10-25)14-27-24(31)32-13-21-18-7-3-1-5-16(18)17-6-2-4-8-19(17)21/h1-8,15,20-21H,9-14H2,(H,26,30)(H,27,31)(H,28,29)/t15-,20-/m0/s1. The highest BCUT2D eigenvalue weighted by Gasteiger charge is 2.51. The summed E-state index contributed by atoms with van der Waals surface area (Å²) in [5, 5.41) is 14.6. The van der Waals surface area contributed by atoms with Crippen LogP contribution < -0.4 is 10.6 Å². The van der Waals surface area contributed by atoms with E-state index in [9.17, 15) is 14.4 Å². The highest BCUT2D eigenvalue weighted by atomic mass is 16.5. The number of carboxylic acids is 1. The van der Waals surface area contributed by atoms with Crippen LogP contribution in [0.25, 0.3) is 11.1 Å². The van der Waals surface area contributed by atoms with Gasteiger partial charge in [0, 0.05) is 19.0 Å². The average molecular weight is 434 g/mol. The number of nitrogens with one attached hydrogen (secondary N) is 2. The van der Waals surface area contributed by atoms with Crippen LogP contribution in [0.2, 0.25) is 0 Å². The first-order chi connectivity index (χ1) is 15.5. The number of aliphatic carboxylic acids is 1. The Labute approximate surface area is 186 Å². The van der Waals surface area contributed by atoms with Crippen molar-refractivity contribution < 1.29 is 24.2 Å². The third-order valence-electron chi connectivity index (χ3n) is 7.01. The van der Waals surface area contributed by atoms with E-state index in [1.807, 2.05) is 24.3 Å². The molecule has 166 valence electrons. The molecule has 5 rings (SSSR count). The minimum absolute atomic E-state index is 0.00735. The largest absolute Gasteiger partial charge is 0.481 e. The Morgan fingerprint density at radius 3 is 2.16 bits per heavy atom. The lowest BCUT2D eigenvalue weighted by molar-refractivity contribution is -0.139. The molecule has 0 bridgehead atoms. The van der Waals surface area contributed by atoms with E-state index in [-0.39, 0.29) is 36.8 Å². The minimum atomic E-state index is -0.803. The summed E-state index contributed by atoms with van der Waals surface area (Å²) >= 11 is 0. The zero-order valence-corrected chi connectivity index (χ0v) is 17.7. The Morgan fingerprint density at radius 1 is 0.969 bits per heavy atom. The first-order valence-corrected chi connectivity index (χ1v) is 11.1. The topological polar surface area (TPSA) is 105 Å². The van der Waals surface area contributed by atoms with Crippen molar-refractivity contribution in [3.8, 4) is 11.1 Å². The van der Waals surface area contributed by atoms with Gasteiger partial charge in [-0.15, -0.1) is 0 Å². The number of ether oxygens (including phenoxy) is 1. The van der Waals surface area contributed by atoms with Crippen LogP contribution in [0, 0.1) is 17.3 Å². The molecule has 3 aliphatic rings. The lowest BCUT2D eigenvalue weighted by Gasteiger charge is -2.18. The number of hydrogen-bond donors (Lipinski definition) is 3. The predicted octanol–water partition coefficient (Wildman–Crippen LogP) is 3.14. The summed E-state index contributed by atoms with van der Waals surface area (Å²) in [6.45, 7) is 0.836. The molecular formula is C25H26N2O5. The molecule has 3 N–H and O–H groups in total. The Morgan fingerprint density at radius 2 is 1.59 bits per heavy atom. The quantitative estimate of drug-likeness (QED) is 0.592. The van der Waals surface area contributed by atoms with Crippen molar-refractivity contribution in [3.63, 3.8) is 0 Å². The Kier molecular flexibility index (Phi) is 5.12. The summed E-state index contributed by atoms with van der Waals surface area (Å²) in [7, 11) is 0. The van der Waals surface area contributed by atoms with E-state index in [0.29, 0.717) is 25.8 Å². The maximum atomic E-state index is 12.5. The molecule has 7 nitrogen and oxygen atoms in total. The summed E-state index contributed by atoms with van der Waals surface area (Å²) in [6.07, 6.45) is 1.49. The summed E-state index contributed by atoms with van der Waals surface area (Å²) in [5.74, 6) is -1.26. The van der Waals surface area contributed by atoms with E-state index in [0.717, 1.165) is 11.1 Å². The van der Waals surface area contributed by atoms with Gasteiger partial charge in [0.05, 0.1) is 11.3 Å². The summed E-state index contributed by atoms with van der Waals surface area (Å²) < 4.78 is 5.54. The van der Waals surface area contributed by atoms with Crippen molar-refractivity contribution in [2.24, 2.45) is 17.3 Å². The highest BCUT2D eigenvalue weighted by molar-refractivity contribution is 5.86. The van der Waals surface area contributed by atoms with Gasteiger partial charge in [0.1, 0.15) is 6.61 Å².